The Kier molecular flexibility index (Phi) is 5.14. The third-order valence-electron chi connectivity index (χ3n) is 3.69. The lowest BCUT2D eigenvalue weighted by Crippen LogP contribution is -2.20. The van der Waals surface area contributed by atoms with Crippen LogP contribution in [0, 0.1) is 5.53 Å². The van der Waals surface area contributed by atoms with Gasteiger partial charge in [0.15, 0.2) is 17.5 Å². The number of carboxylic acids is 1. The van der Waals surface area contributed by atoms with Crippen LogP contribution in [-0.4, -0.2) is 30.3 Å². The van der Waals surface area contributed by atoms with Gasteiger partial charge in [0.25, 0.3) is 0 Å². The first-order chi connectivity index (χ1) is 10.1. The average molecular weight is 292 g/mol. The number of aliphatic carboxylic acids is 1. The third-order valence-corrected chi connectivity index (χ3v) is 3.69. The van der Waals surface area contributed by atoms with Crippen LogP contribution < -0.4 is 9.47 Å². The lowest BCUT2D eigenvalue weighted by atomic mass is 10.1. The fourth-order valence-corrected chi connectivity index (χ4v) is 2.54. The van der Waals surface area contributed by atoms with Crippen molar-refractivity contribution in [3.8, 4) is 11.5 Å². The highest BCUT2D eigenvalue weighted by Gasteiger charge is 2.20. The second kappa shape index (κ2) is 7.06. The molecule has 0 amide bonds. The summed E-state index contributed by atoms with van der Waals surface area (Å²) in [5, 5.41) is 12.1. The molecule has 6 heteroatoms. The molecule has 1 aliphatic rings. The number of rotatable bonds is 7. The zero-order chi connectivity index (χ0) is 15.2. The molecule has 1 aromatic rings. The number of nitrogens with zero attached hydrogens (tertiary/aromatic N) is 1. The molecule has 0 spiro atoms. The molecule has 1 unspecified atom stereocenters. The lowest BCUT2D eigenvalue weighted by molar-refractivity contribution is -0.138. The molecule has 1 saturated carbocycles. The van der Waals surface area contributed by atoms with Crippen LogP contribution in [0.15, 0.2) is 23.3 Å². The van der Waals surface area contributed by atoms with E-state index in [4.69, 9.17) is 20.1 Å². The molecule has 2 rings (SSSR count). The van der Waals surface area contributed by atoms with Crippen molar-refractivity contribution in [1.82, 2.24) is 0 Å². The molecule has 0 radical (unpaired) electrons. The van der Waals surface area contributed by atoms with Gasteiger partial charge in [-0.2, -0.15) is 5.11 Å². The van der Waals surface area contributed by atoms with Gasteiger partial charge < -0.3 is 14.6 Å². The molecule has 21 heavy (non-hydrogen) atoms. The van der Waals surface area contributed by atoms with Crippen LogP contribution in [0.25, 0.3) is 0 Å². The van der Waals surface area contributed by atoms with Crippen molar-refractivity contribution < 1.29 is 19.4 Å². The van der Waals surface area contributed by atoms with E-state index in [-0.39, 0.29) is 12.5 Å². The molecule has 0 saturated heterocycles. The SMILES string of the molecule is COc1ccc(CC(N=N)C(=O)O)cc1OC1CCCC1. The number of hydrogen-bond acceptors (Lipinski definition) is 5. The van der Waals surface area contributed by atoms with E-state index in [0.717, 1.165) is 18.4 Å². The number of methoxy groups -OCH3 is 1. The minimum Gasteiger partial charge on any atom is -0.493 e. The summed E-state index contributed by atoms with van der Waals surface area (Å²) < 4.78 is 11.3. The number of ether oxygens (including phenoxy) is 2. The van der Waals surface area contributed by atoms with Crippen molar-refractivity contribution in [3.63, 3.8) is 0 Å². The van der Waals surface area contributed by atoms with Crippen LogP contribution in [0.3, 0.4) is 0 Å². The third kappa shape index (κ3) is 3.93. The van der Waals surface area contributed by atoms with Crippen molar-refractivity contribution in [3.05, 3.63) is 23.8 Å². The monoisotopic (exact) mass is 292 g/mol. The van der Waals surface area contributed by atoms with Gasteiger partial charge in [-0.3, -0.25) is 0 Å². The molecule has 0 aromatic heterocycles. The first-order valence-corrected chi connectivity index (χ1v) is 7.07. The maximum Gasteiger partial charge on any atom is 0.330 e. The Bertz CT molecular complexity index is 512. The van der Waals surface area contributed by atoms with E-state index in [1.807, 2.05) is 0 Å². The Hall–Kier alpha value is -2.11. The zero-order valence-corrected chi connectivity index (χ0v) is 12.0. The van der Waals surface area contributed by atoms with Crippen molar-refractivity contribution >= 4 is 5.97 Å². The van der Waals surface area contributed by atoms with E-state index in [2.05, 4.69) is 5.11 Å². The van der Waals surface area contributed by atoms with Crippen LogP contribution in [0.5, 0.6) is 11.5 Å². The molecule has 0 bridgehead atoms. The van der Waals surface area contributed by atoms with Gasteiger partial charge in [0.1, 0.15) is 0 Å². The molecule has 1 atom stereocenters. The molecule has 6 nitrogen and oxygen atoms in total. The predicted octanol–water partition coefficient (Wildman–Crippen LogP) is 3.04. The first kappa shape index (κ1) is 15.3. The summed E-state index contributed by atoms with van der Waals surface area (Å²) in [5.41, 5.74) is 7.71. The van der Waals surface area contributed by atoms with E-state index in [9.17, 15) is 4.79 Å². The highest BCUT2D eigenvalue weighted by Crippen LogP contribution is 2.32. The molecule has 1 aliphatic carbocycles. The molecule has 0 heterocycles. The lowest BCUT2D eigenvalue weighted by Gasteiger charge is -2.17. The Morgan fingerprint density at radius 2 is 2.14 bits per heavy atom. The summed E-state index contributed by atoms with van der Waals surface area (Å²) >= 11 is 0. The molecule has 2 N–H and O–H groups in total. The normalized spacial score (nSPS) is 16.4. The fraction of sp³-hybridized carbons (Fsp3) is 0.533. The second-order valence-electron chi connectivity index (χ2n) is 5.20. The molecule has 1 fully saturated rings. The van der Waals surface area contributed by atoms with Gasteiger partial charge in [0.2, 0.25) is 0 Å². The minimum absolute atomic E-state index is 0.170. The number of nitrogens with one attached hydrogen (secondary N) is 1. The van der Waals surface area contributed by atoms with Gasteiger partial charge in [0, 0.05) is 6.42 Å². The average Bonchev–Trinajstić information content (AvgIpc) is 2.97. The van der Waals surface area contributed by atoms with Crippen molar-refractivity contribution in [2.45, 2.75) is 44.2 Å². The number of benzene rings is 1. The number of hydrogen-bond donors (Lipinski definition) is 2. The van der Waals surface area contributed by atoms with E-state index in [0.29, 0.717) is 11.5 Å². The molecule has 0 aliphatic heterocycles. The molecule has 114 valence electrons. The molecular formula is C15H20N2O4. The highest BCUT2D eigenvalue weighted by molar-refractivity contribution is 5.74. The van der Waals surface area contributed by atoms with Gasteiger partial charge in [0.05, 0.1) is 13.2 Å². The van der Waals surface area contributed by atoms with Crippen molar-refractivity contribution in [1.29, 1.82) is 5.53 Å². The Balaban J connectivity index is 2.15. The first-order valence-electron chi connectivity index (χ1n) is 7.07. The van der Waals surface area contributed by atoms with Crippen molar-refractivity contribution in [2.24, 2.45) is 5.11 Å². The van der Waals surface area contributed by atoms with Crippen LogP contribution in [0.2, 0.25) is 0 Å². The Labute approximate surface area is 123 Å². The summed E-state index contributed by atoms with van der Waals surface area (Å²) in [5.74, 6) is 0.176. The summed E-state index contributed by atoms with van der Waals surface area (Å²) in [6.45, 7) is 0. The van der Waals surface area contributed by atoms with Crippen LogP contribution in [0.1, 0.15) is 31.2 Å². The standard InChI is InChI=1S/C15H20N2O4/c1-20-13-7-6-10(8-12(17-16)15(18)19)9-14(13)21-11-4-2-3-5-11/h6-7,9,11-12,16H,2-5,8H2,1H3,(H,18,19). The topological polar surface area (TPSA) is 92.0 Å². The number of carboxylic acid groups (broad SMARTS) is 1. The smallest absolute Gasteiger partial charge is 0.330 e. The van der Waals surface area contributed by atoms with Gasteiger partial charge in [-0.05, 0) is 43.4 Å². The van der Waals surface area contributed by atoms with Crippen molar-refractivity contribution in [2.75, 3.05) is 7.11 Å². The van der Waals surface area contributed by atoms with Crippen LogP contribution in [-0.2, 0) is 11.2 Å². The van der Waals surface area contributed by atoms with E-state index >= 15 is 0 Å². The predicted molar refractivity (Wildman–Crippen MR) is 76.2 cm³/mol. The van der Waals surface area contributed by atoms with Gasteiger partial charge in [-0.15, -0.1) is 0 Å². The largest absolute Gasteiger partial charge is 0.493 e. The van der Waals surface area contributed by atoms with E-state index in [1.165, 1.54) is 12.8 Å². The summed E-state index contributed by atoms with van der Waals surface area (Å²) in [4.78, 5) is 11.0. The maximum atomic E-state index is 11.0. The molecule has 1 aromatic carbocycles. The Morgan fingerprint density at radius 1 is 1.43 bits per heavy atom. The van der Waals surface area contributed by atoms with E-state index < -0.39 is 12.0 Å². The highest BCUT2D eigenvalue weighted by atomic mass is 16.5. The van der Waals surface area contributed by atoms with Gasteiger partial charge >= 0.3 is 5.97 Å². The fourth-order valence-electron chi connectivity index (χ4n) is 2.54. The summed E-state index contributed by atoms with van der Waals surface area (Å²) in [6.07, 6.45) is 4.78. The van der Waals surface area contributed by atoms with Gasteiger partial charge in [-0.25, -0.2) is 10.3 Å². The number of carbonyl (C=O) groups is 1. The quantitative estimate of drug-likeness (QED) is 0.755. The maximum absolute atomic E-state index is 11.0. The van der Waals surface area contributed by atoms with Crippen LogP contribution in [0.4, 0.5) is 0 Å². The molecular weight excluding hydrogens is 272 g/mol. The zero-order valence-electron chi connectivity index (χ0n) is 12.0. The Morgan fingerprint density at radius 3 is 2.71 bits per heavy atom. The summed E-state index contributed by atoms with van der Waals surface area (Å²) in [6, 6.07) is 4.28. The second-order valence-corrected chi connectivity index (χ2v) is 5.20. The summed E-state index contributed by atoms with van der Waals surface area (Å²) in [7, 11) is 1.58. The van der Waals surface area contributed by atoms with E-state index in [1.54, 1.807) is 25.3 Å². The minimum atomic E-state index is -1.10. The van der Waals surface area contributed by atoms with Crippen LogP contribution >= 0.6 is 0 Å². The van der Waals surface area contributed by atoms with Gasteiger partial charge in [-0.1, -0.05) is 6.07 Å².